The molecular formula is C8H15F2N. The van der Waals surface area contributed by atoms with E-state index < -0.39 is 12.0 Å². The molecule has 0 aliphatic heterocycles. The minimum absolute atomic E-state index is 0.0486. The van der Waals surface area contributed by atoms with Crippen LogP contribution in [0.5, 0.6) is 0 Å². The third kappa shape index (κ3) is 1.39. The Labute approximate surface area is 66.0 Å². The molecule has 0 saturated heterocycles. The largest absolute Gasteiger partial charge is 0.320 e. The highest BCUT2D eigenvalue weighted by atomic mass is 19.3. The lowest BCUT2D eigenvalue weighted by Gasteiger charge is -2.27. The van der Waals surface area contributed by atoms with Crippen molar-refractivity contribution in [2.24, 2.45) is 17.6 Å². The molecule has 1 nitrogen and oxygen atoms in total. The Hall–Kier alpha value is -0.180. The van der Waals surface area contributed by atoms with Crippen molar-refractivity contribution in [1.29, 1.82) is 0 Å². The van der Waals surface area contributed by atoms with Gasteiger partial charge in [-0.1, -0.05) is 13.8 Å². The van der Waals surface area contributed by atoms with Gasteiger partial charge in [-0.15, -0.1) is 0 Å². The number of nitrogens with two attached hydrogens (primary N) is 1. The fourth-order valence-electron chi connectivity index (χ4n) is 1.65. The van der Waals surface area contributed by atoms with E-state index in [0.29, 0.717) is 12.3 Å². The zero-order valence-corrected chi connectivity index (χ0v) is 6.98. The highest BCUT2D eigenvalue weighted by Gasteiger charge is 2.52. The van der Waals surface area contributed by atoms with Crippen LogP contribution in [0.25, 0.3) is 0 Å². The molecule has 0 amide bonds. The maximum absolute atomic E-state index is 12.4. The maximum atomic E-state index is 12.4. The third-order valence-electron chi connectivity index (χ3n) is 2.82. The van der Waals surface area contributed by atoms with Gasteiger partial charge in [-0.25, -0.2) is 8.78 Å². The summed E-state index contributed by atoms with van der Waals surface area (Å²) in [6.45, 7) is 3.71. The summed E-state index contributed by atoms with van der Waals surface area (Å²) in [4.78, 5) is 0. The normalized spacial score (nSPS) is 35.5. The molecule has 0 heterocycles. The summed E-state index contributed by atoms with van der Waals surface area (Å²) in [5, 5.41) is 0. The van der Waals surface area contributed by atoms with Gasteiger partial charge in [-0.05, 0) is 24.7 Å². The van der Waals surface area contributed by atoms with Gasteiger partial charge >= 0.3 is 0 Å². The quantitative estimate of drug-likeness (QED) is 0.676. The van der Waals surface area contributed by atoms with Crippen LogP contribution in [0.3, 0.4) is 0 Å². The topological polar surface area (TPSA) is 26.0 Å². The molecule has 1 fully saturated rings. The minimum atomic E-state index is -2.37. The second-order valence-corrected chi connectivity index (χ2v) is 3.59. The van der Waals surface area contributed by atoms with E-state index in [-0.39, 0.29) is 5.92 Å². The molecule has 0 spiro atoms. The highest BCUT2D eigenvalue weighted by Crippen LogP contribution is 2.48. The van der Waals surface area contributed by atoms with Gasteiger partial charge in [-0.3, -0.25) is 0 Å². The van der Waals surface area contributed by atoms with Crippen LogP contribution in [0.1, 0.15) is 26.7 Å². The van der Waals surface area contributed by atoms with Gasteiger partial charge in [0.2, 0.25) is 0 Å². The highest BCUT2D eigenvalue weighted by molar-refractivity contribution is 5.03. The summed E-state index contributed by atoms with van der Waals surface area (Å²) in [6.07, 6.45) is -1.13. The second-order valence-electron chi connectivity index (χ2n) is 3.59. The lowest BCUT2D eigenvalue weighted by molar-refractivity contribution is 0.0353. The number of hydrogen-bond donors (Lipinski definition) is 1. The van der Waals surface area contributed by atoms with Crippen molar-refractivity contribution < 1.29 is 8.78 Å². The Morgan fingerprint density at radius 1 is 1.64 bits per heavy atom. The molecule has 0 aromatic rings. The Bertz CT molecular complexity index is 149. The van der Waals surface area contributed by atoms with Gasteiger partial charge in [0.05, 0.1) is 5.54 Å². The first-order valence-electron chi connectivity index (χ1n) is 4.09. The van der Waals surface area contributed by atoms with Gasteiger partial charge < -0.3 is 5.73 Å². The Kier molecular flexibility index (Phi) is 2.19. The van der Waals surface area contributed by atoms with E-state index in [4.69, 9.17) is 5.73 Å². The molecule has 3 atom stereocenters. The molecule has 1 rings (SSSR count). The lowest BCUT2D eigenvalue weighted by atomic mass is 9.91. The zero-order chi connectivity index (χ0) is 8.65. The van der Waals surface area contributed by atoms with Crippen LogP contribution < -0.4 is 5.73 Å². The van der Waals surface area contributed by atoms with Crippen molar-refractivity contribution in [2.75, 3.05) is 0 Å². The summed E-state index contributed by atoms with van der Waals surface area (Å²) < 4.78 is 24.8. The molecular weight excluding hydrogens is 148 g/mol. The maximum Gasteiger partial charge on any atom is 0.256 e. The summed E-state index contributed by atoms with van der Waals surface area (Å²) in [7, 11) is 0. The van der Waals surface area contributed by atoms with E-state index in [9.17, 15) is 8.78 Å². The average Bonchev–Trinajstić information content (AvgIpc) is 2.65. The van der Waals surface area contributed by atoms with E-state index in [1.807, 2.05) is 6.92 Å². The molecule has 3 heteroatoms. The van der Waals surface area contributed by atoms with Crippen molar-refractivity contribution in [3.05, 3.63) is 0 Å². The SMILES string of the molecule is CCC(N)(C(F)F)C1CC1C. The second kappa shape index (κ2) is 2.70. The molecule has 1 saturated carbocycles. The van der Waals surface area contributed by atoms with E-state index in [1.165, 1.54) is 0 Å². The number of alkyl halides is 2. The van der Waals surface area contributed by atoms with Crippen LogP contribution in [-0.4, -0.2) is 12.0 Å². The summed E-state index contributed by atoms with van der Waals surface area (Å²) in [5.74, 6) is 0.446. The first-order valence-corrected chi connectivity index (χ1v) is 4.09. The Balaban J connectivity index is 2.60. The summed E-state index contributed by atoms with van der Waals surface area (Å²) >= 11 is 0. The van der Waals surface area contributed by atoms with E-state index in [2.05, 4.69) is 0 Å². The third-order valence-corrected chi connectivity index (χ3v) is 2.82. The van der Waals surface area contributed by atoms with E-state index >= 15 is 0 Å². The van der Waals surface area contributed by atoms with Gasteiger partial charge in [0.15, 0.2) is 0 Å². The molecule has 2 N–H and O–H groups in total. The molecule has 0 bridgehead atoms. The zero-order valence-electron chi connectivity index (χ0n) is 6.98. The first kappa shape index (κ1) is 8.91. The standard InChI is InChI=1S/C8H15F2N/c1-3-8(11,7(9)10)6-4-5(6)2/h5-7H,3-4,11H2,1-2H3. The first-order chi connectivity index (χ1) is 5.02. The summed E-state index contributed by atoms with van der Waals surface area (Å²) in [6, 6.07) is 0. The molecule has 1 aliphatic rings. The van der Waals surface area contributed by atoms with Crippen LogP contribution in [0.2, 0.25) is 0 Å². The van der Waals surface area contributed by atoms with Crippen LogP contribution in [-0.2, 0) is 0 Å². The van der Waals surface area contributed by atoms with Gasteiger partial charge in [0.25, 0.3) is 6.43 Å². The Morgan fingerprint density at radius 2 is 2.09 bits per heavy atom. The van der Waals surface area contributed by atoms with Crippen molar-refractivity contribution in [2.45, 2.75) is 38.7 Å². The van der Waals surface area contributed by atoms with Gasteiger partial charge in [0.1, 0.15) is 0 Å². The molecule has 0 aromatic carbocycles. The molecule has 0 aromatic heterocycles. The van der Waals surface area contributed by atoms with E-state index in [0.717, 1.165) is 6.42 Å². The lowest BCUT2D eigenvalue weighted by Crippen LogP contribution is -2.49. The van der Waals surface area contributed by atoms with Crippen molar-refractivity contribution >= 4 is 0 Å². The van der Waals surface area contributed by atoms with Crippen LogP contribution >= 0.6 is 0 Å². The molecule has 11 heavy (non-hydrogen) atoms. The smallest absolute Gasteiger partial charge is 0.256 e. The number of rotatable bonds is 3. The van der Waals surface area contributed by atoms with Crippen molar-refractivity contribution in [3.63, 3.8) is 0 Å². The fourth-order valence-corrected chi connectivity index (χ4v) is 1.65. The fraction of sp³-hybridized carbons (Fsp3) is 1.00. The van der Waals surface area contributed by atoms with Crippen molar-refractivity contribution in [1.82, 2.24) is 0 Å². The number of halogens is 2. The molecule has 1 aliphatic carbocycles. The predicted octanol–water partition coefficient (Wildman–Crippen LogP) is 2.01. The van der Waals surface area contributed by atoms with Crippen LogP contribution in [0, 0.1) is 11.8 Å². The number of hydrogen-bond acceptors (Lipinski definition) is 1. The summed E-state index contributed by atoms with van der Waals surface area (Å²) in [5.41, 5.74) is 4.38. The Morgan fingerprint density at radius 3 is 2.18 bits per heavy atom. The minimum Gasteiger partial charge on any atom is -0.320 e. The molecule has 3 unspecified atom stereocenters. The molecule has 0 radical (unpaired) electrons. The van der Waals surface area contributed by atoms with Gasteiger partial charge in [0, 0.05) is 0 Å². The van der Waals surface area contributed by atoms with E-state index in [1.54, 1.807) is 6.92 Å². The van der Waals surface area contributed by atoms with Crippen LogP contribution in [0.15, 0.2) is 0 Å². The molecule has 66 valence electrons. The monoisotopic (exact) mass is 163 g/mol. The van der Waals surface area contributed by atoms with Crippen LogP contribution in [0.4, 0.5) is 8.78 Å². The average molecular weight is 163 g/mol. The predicted molar refractivity (Wildman–Crippen MR) is 40.5 cm³/mol. The van der Waals surface area contributed by atoms with Gasteiger partial charge in [-0.2, -0.15) is 0 Å². The van der Waals surface area contributed by atoms with Crippen molar-refractivity contribution in [3.8, 4) is 0 Å².